The van der Waals surface area contributed by atoms with Crippen LogP contribution in [0.3, 0.4) is 0 Å². The Morgan fingerprint density at radius 2 is 1.67 bits per heavy atom. The van der Waals surface area contributed by atoms with Gasteiger partial charge < -0.3 is 4.43 Å². The van der Waals surface area contributed by atoms with E-state index in [2.05, 4.69) is 20.8 Å². The molecule has 1 aromatic rings. The lowest BCUT2D eigenvalue weighted by Crippen LogP contribution is -2.43. The highest BCUT2D eigenvalue weighted by Crippen LogP contribution is 2.42. The molecule has 24 heavy (non-hydrogen) atoms. The van der Waals surface area contributed by atoms with E-state index in [4.69, 9.17) is 4.43 Å². The molecule has 0 aliphatic carbocycles. The summed E-state index contributed by atoms with van der Waals surface area (Å²) in [6, 6.07) is 11.1. The molecule has 3 heteroatoms. The van der Waals surface area contributed by atoms with Gasteiger partial charge >= 0.3 is 0 Å². The molecule has 0 unspecified atom stereocenters. The number of rotatable bonds is 9. The van der Waals surface area contributed by atoms with Gasteiger partial charge in [-0.1, -0.05) is 51.2 Å². The molecule has 0 saturated carbocycles. The summed E-state index contributed by atoms with van der Waals surface area (Å²) in [6.07, 6.45) is 9.57. The van der Waals surface area contributed by atoms with Crippen molar-refractivity contribution in [1.29, 1.82) is 0 Å². The van der Waals surface area contributed by atoms with E-state index in [9.17, 15) is 4.39 Å². The van der Waals surface area contributed by atoms with Crippen LogP contribution < -0.4 is 0 Å². The highest BCUT2D eigenvalue weighted by atomic mass is 28.4. The molecule has 0 N–H and O–H groups in total. The van der Waals surface area contributed by atoms with Crippen molar-refractivity contribution < 1.29 is 8.82 Å². The molecule has 2 rings (SSSR count). The molecule has 1 heterocycles. The summed E-state index contributed by atoms with van der Waals surface area (Å²) in [4.78, 5) is 0. The van der Waals surface area contributed by atoms with Gasteiger partial charge in [-0.05, 0) is 68.4 Å². The van der Waals surface area contributed by atoms with Gasteiger partial charge in [-0.25, -0.2) is 4.39 Å². The van der Waals surface area contributed by atoms with E-state index >= 15 is 0 Å². The van der Waals surface area contributed by atoms with E-state index in [1.807, 2.05) is 12.1 Å². The molecular weight excluding hydrogens is 315 g/mol. The van der Waals surface area contributed by atoms with Crippen molar-refractivity contribution in [2.24, 2.45) is 0 Å². The Morgan fingerprint density at radius 3 is 2.25 bits per heavy atom. The van der Waals surface area contributed by atoms with Crippen LogP contribution in [0.5, 0.6) is 0 Å². The molecule has 136 valence electrons. The predicted molar refractivity (Wildman–Crippen MR) is 104 cm³/mol. The van der Waals surface area contributed by atoms with Gasteiger partial charge in [-0.2, -0.15) is 0 Å². The number of unbranched alkanes of at least 4 members (excludes halogenated alkanes) is 4. The van der Waals surface area contributed by atoms with Crippen LogP contribution in [0.2, 0.25) is 18.1 Å². The highest BCUT2D eigenvalue weighted by Gasteiger charge is 2.39. The first-order valence-electron chi connectivity index (χ1n) is 9.98. The van der Waals surface area contributed by atoms with Crippen LogP contribution in [0.1, 0.15) is 77.2 Å². The topological polar surface area (TPSA) is 9.23 Å². The van der Waals surface area contributed by atoms with Crippen molar-refractivity contribution in [3.8, 4) is 0 Å². The van der Waals surface area contributed by atoms with E-state index in [0.717, 1.165) is 0 Å². The third-order valence-electron chi connectivity index (χ3n) is 5.46. The van der Waals surface area contributed by atoms with E-state index < -0.39 is 8.32 Å². The summed E-state index contributed by atoms with van der Waals surface area (Å²) in [6.45, 7) is 6.66. The smallest absolute Gasteiger partial charge is 0.193 e. The lowest BCUT2D eigenvalue weighted by Gasteiger charge is -2.39. The summed E-state index contributed by atoms with van der Waals surface area (Å²) < 4.78 is 19.7. The number of benzene rings is 1. The second kappa shape index (κ2) is 9.72. The maximum atomic E-state index is 13.1. The minimum absolute atomic E-state index is 0.131. The van der Waals surface area contributed by atoms with Crippen LogP contribution in [-0.4, -0.2) is 14.4 Å². The Hall–Kier alpha value is -0.673. The summed E-state index contributed by atoms with van der Waals surface area (Å²) >= 11 is 0. The SMILES string of the molecule is CCCCCCC[Si]1(OC(C)C)CCC(c2ccc(F)cc2)CC1. The van der Waals surface area contributed by atoms with Gasteiger partial charge in [0.15, 0.2) is 8.32 Å². The summed E-state index contributed by atoms with van der Waals surface area (Å²) in [5.74, 6) is 0.468. The van der Waals surface area contributed by atoms with E-state index in [0.29, 0.717) is 12.0 Å². The van der Waals surface area contributed by atoms with Gasteiger partial charge in [0.05, 0.1) is 0 Å². The van der Waals surface area contributed by atoms with Crippen molar-refractivity contribution in [1.82, 2.24) is 0 Å². The van der Waals surface area contributed by atoms with Crippen LogP contribution in [0.4, 0.5) is 4.39 Å². The van der Waals surface area contributed by atoms with Gasteiger partial charge in [0, 0.05) is 6.10 Å². The van der Waals surface area contributed by atoms with Crippen LogP contribution in [0.25, 0.3) is 0 Å². The molecule has 1 aliphatic rings. The zero-order valence-corrected chi connectivity index (χ0v) is 16.8. The van der Waals surface area contributed by atoms with Crippen LogP contribution in [0.15, 0.2) is 24.3 Å². The third kappa shape index (κ3) is 6.00. The number of halogens is 1. The van der Waals surface area contributed by atoms with Gasteiger partial charge in [-0.3, -0.25) is 0 Å². The highest BCUT2D eigenvalue weighted by molar-refractivity contribution is 6.74. The van der Waals surface area contributed by atoms with Crippen molar-refractivity contribution in [3.63, 3.8) is 0 Å². The van der Waals surface area contributed by atoms with Gasteiger partial charge in [0.2, 0.25) is 0 Å². The van der Waals surface area contributed by atoms with Gasteiger partial charge in [-0.15, -0.1) is 0 Å². The first-order valence-corrected chi connectivity index (χ1v) is 12.5. The fraction of sp³-hybridized carbons (Fsp3) is 0.714. The molecule has 0 amide bonds. The van der Waals surface area contributed by atoms with Gasteiger partial charge in [0.1, 0.15) is 5.82 Å². The maximum Gasteiger partial charge on any atom is 0.193 e. The third-order valence-corrected chi connectivity index (χ3v) is 10.1. The first kappa shape index (κ1) is 19.6. The van der Waals surface area contributed by atoms with Crippen LogP contribution in [-0.2, 0) is 4.43 Å². The molecule has 1 saturated heterocycles. The maximum absolute atomic E-state index is 13.1. The molecule has 1 aromatic carbocycles. The van der Waals surface area contributed by atoms with Gasteiger partial charge in [0.25, 0.3) is 0 Å². The largest absolute Gasteiger partial charge is 0.414 e. The summed E-state index contributed by atoms with van der Waals surface area (Å²) in [7, 11) is -1.57. The lowest BCUT2D eigenvalue weighted by atomic mass is 9.93. The predicted octanol–water partition coefficient (Wildman–Crippen LogP) is 7.04. The molecule has 0 bridgehead atoms. The quantitative estimate of drug-likeness (QED) is 0.342. The van der Waals surface area contributed by atoms with Crippen molar-refractivity contribution in [2.75, 3.05) is 0 Å². The average molecular weight is 351 g/mol. The fourth-order valence-electron chi connectivity index (χ4n) is 4.19. The van der Waals surface area contributed by atoms with E-state index in [1.165, 1.54) is 68.6 Å². The van der Waals surface area contributed by atoms with E-state index in [1.54, 1.807) is 12.1 Å². The Bertz CT molecular complexity index is 463. The minimum Gasteiger partial charge on any atom is -0.414 e. The molecule has 0 radical (unpaired) electrons. The van der Waals surface area contributed by atoms with Crippen molar-refractivity contribution in [2.45, 2.75) is 95.9 Å². The Kier molecular flexibility index (Phi) is 7.96. The number of hydrogen-bond donors (Lipinski definition) is 0. The molecule has 0 atom stereocenters. The fourth-order valence-corrected chi connectivity index (χ4v) is 8.94. The Morgan fingerprint density at radius 1 is 1.04 bits per heavy atom. The Labute approximate surface area is 149 Å². The lowest BCUT2D eigenvalue weighted by molar-refractivity contribution is 0.216. The normalized spacial score (nSPS) is 24.5. The van der Waals surface area contributed by atoms with E-state index in [-0.39, 0.29) is 5.82 Å². The number of hydrogen-bond acceptors (Lipinski definition) is 1. The minimum atomic E-state index is -1.57. The van der Waals surface area contributed by atoms with Crippen molar-refractivity contribution in [3.05, 3.63) is 35.6 Å². The summed E-state index contributed by atoms with van der Waals surface area (Å²) in [5.41, 5.74) is 1.31. The molecule has 0 spiro atoms. The molecular formula is C21H35FOSi. The molecule has 0 aromatic heterocycles. The Balaban J connectivity index is 1.89. The second-order valence-corrected chi connectivity index (χ2v) is 11.9. The zero-order chi connectivity index (χ0) is 17.4. The average Bonchev–Trinajstić information content (AvgIpc) is 2.56. The standard InChI is InChI=1S/C21H35FOSi/c1-4-5-6-7-8-15-24(23-18(2)3)16-13-20(14-17-24)19-9-11-21(22)12-10-19/h9-12,18,20H,4-8,13-17H2,1-3H3. The molecule has 1 fully saturated rings. The monoisotopic (exact) mass is 350 g/mol. The molecule has 1 aliphatic heterocycles. The zero-order valence-electron chi connectivity index (χ0n) is 15.8. The van der Waals surface area contributed by atoms with Crippen LogP contribution in [0, 0.1) is 5.82 Å². The molecule has 1 nitrogen and oxygen atoms in total. The first-order chi connectivity index (χ1) is 11.5. The summed E-state index contributed by atoms with van der Waals surface area (Å²) in [5, 5.41) is 0. The van der Waals surface area contributed by atoms with Crippen molar-refractivity contribution >= 4 is 8.32 Å². The van der Waals surface area contributed by atoms with Crippen LogP contribution >= 0.6 is 0 Å². The second-order valence-electron chi connectivity index (χ2n) is 7.84.